The number of nitrogens with one attached hydrogen (secondary N) is 2. The average Bonchev–Trinajstić information content (AvgIpc) is 2.40. The zero-order valence-electron chi connectivity index (χ0n) is 12.1. The van der Waals surface area contributed by atoms with Gasteiger partial charge >= 0.3 is 6.03 Å². The Morgan fingerprint density at radius 1 is 1.21 bits per heavy atom. The van der Waals surface area contributed by atoms with Gasteiger partial charge in [-0.3, -0.25) is 0 Å². The molecular weight excluding hydrogens is 236 g/mol. The van der Waals surface area contributed by atoms with Gasteiger partial charge in [-0.1, -0.05) is 56.5 Å². The van der Waals surface area contributed by atoms with Crippen LogP contribution in [-0.2, 0) is 6.42 Å². The van der Waals surface area contributed by atoms with Crippen LogP contribution in [0.4, 0.5) is 4.79 Å². The van der Waals surface area contributed by atoms with Gasteiger partial charge in [-0.2, -0.15) is 0 Å². The molecule has 0 heterocycles. The minimum atomic E-state index is -0.0556. The summed E-state index contributed by atoms with van der Waals surface area (Å²) in [6.45, 7) is 4.93. The highest BCUT2D eigenvalue weighted by molar-refractivity contribution is 5.74. The Kier molecular flexibility index (Phi) is 7.71. The third-order valence-electron chi connectivity index (χ3n) is 3.16. The fourth-order valence-electron chi connectivity index (χ4n) is 2.01. The highest BCUT2D eigenvalue weighted by atomic mass is 16.2. The number of rotatable bonds is 8. The number of urea groups is 1. The molecule has 2 N–H and O–H groups in total. The molecule has 1 aromatic rings. The van der Waals surface area contributed by atoms with Gasteiger partial charge in [0.05, 0.1) is 0 Å². The van der Waals surface area contributed by atoms with Gasteiger partial charge < -0.3 is 10.6 Å². The lowest BCUT2D eigenvalue weighted by Crippen LogP contribution is -2.41. The Balaban J connectivity index is 2.10. The third kappa shape index (κ3) is 7.50. The van der Waals surface area contributed by atoms with Crippen LogP contribution in [0.2, 0.25) is 0 Å². The van der Waals surface area contributed by atoms with Crippen LogP contribution in [-0.4, -0.2) is 18.6 Å². The van der Waals surface area contributed by atoms with E-state index >= 15 is 0 Å². The van der Waals surface area contributed by atoms with Crippen molar-refractivity contribution < 1.29 is 4.79 Å². The van der Waals surface area contributed by atoms with Crippen LogP contribution in [0, 0.1) is 0 Å². The number of amides is 2. The van der Waals surface area contributed by atoms with Crippen LogP contribution in [0.5, 0.6) is 0 Å². The van der Waals surface area contributed by atoms with Crippen molar-refractivity contribution in [3.63, 3.8) is 0 Å². The van der Waals surface area contributed by atoms with E-state index in [1.807, 2.05) is 18.2 Å². The summed E-state index contributed by atoms with van der Waals surface area (Å²) in [7, 11) is 0. The number of hydrogen-bond donors (Lipinski definition) is 2. The van der Waals surface area contributed by atoms with Gasteiger partial charge in [0.1, 0.15) is 0 Å². The summed E-state index contributed by atoms with van der Waals surface area (Å²) in [5.74, 6) is 0. The van der Waals surface area contributed by atoms with Crippen molar-refractivity contribution in [2.24, 2.45) is 0 Å². The number of unbranched alkanes of at least 4 members (excludes halogenated alkanes) is 2. The standard InChI is InChI=1S/C16H26N2O/c1-3-4-6-9-14(2)18-16(19)17-13-12-15-10-7-5-8-11-15/h5,7-8,10-11,14H,3-4,6,9,12-13H2,1-2H3,(H2,17,18,19)/t14-/m1/s1. The largest absolute Gasteiger partial charge is 0.338 e. The van der Waals surface area contributed by atoms with Gasteiger partial charge in [0.15, 0.2) is 0 Å². The Bertz CT molecular complexity index is 351. The molecule has 0 saturated heterocycles. The van der Waals surface area contributed by atoms with Gasteiger partial charge in [0, 0.05) is 12.6 Å². The first-order valence-electron chi connectivity index (χ1n) is 7.30. The first-order valence-corrected chi connectivity index (χ1v) is 7.30. The maximum atomic E-state index is 11.7. The predicted octanol–water partition coefficient (Wildman–Crippen LogP) is 3.50. The summed E-state index contributed by atoms with van der Waals surface area (Å²) >= 11 is 0. The van der Waals surface area contributed by atoms with E-state index in [4.69, 9.17) is 0 Å². The van der Waals surface area contributed by atoms with Crippen LogP contribution < -0.4 is 10.6 Å². The van der Waals surface area contributed by atoms with Crippen LogP contribution >= 0.6 is 0 Å². The summed E-state index contributed by atoms with van der Waals surface area (Å²) in [6.07, 6.45) is 5.57. The quantitative estimate of drug-likeness (QED) is 0.692. The molecule has 106 valence electrons. The van der Waals surface area contributed by atoms with Crippen molar-refractivity contribution in [3.8, 4) is 0 Å². The second-order valence-electron chi connectivity index (χ2n) is 5.03. The number of benzene rings is 1. The highest BCUT2D eigenvalue weighted by Gasteiger charge is 2.05. The third-order valence-corrected chi connectivity index (χ3v) is 3.16. The van der Waals surface area contributed by atoms with E-state index in [-0.39, 0.29) is 12.1 Å². The van der Waals surface area contributed by atoms with E-state index < -0.39 is 0 Å². The number of carbonyl (C=O) groups is 1. The average molecular weight is 262 g/mol. The molecule has 3 nitrogen and oxygen atoms in total. The highest BCUT2D eigenvalue weighted by Crippen LogP contribution is 2.02. The molecule has 1 aromatic carbocycles. The fraction of sp³-hybridized carbons (Fsp3) is 0.562. The number of carbonyl (C=O) groups excluding carboxylic acids is 1. The van der Waals surface area contributed by atoms with E-state index in [0.717, 1.165) is 12.8 Å². The molecule has 0 fully saturated rings. The monoisotopic (exact) mass is 262 g/mol. The first kappa shape index (κ1) is 15.5. The zero-order chi connectivity index (χ0) is 13.9. The normalized spacial score (nSPS) is 11.9. The van der Waals surface area contributed by atoms with E-state index in [9.17, 15) is 4.79 Å². The molecule has 0 aliphatic heterocycles. The Morgan fingerprint density at radius 2 is 1.95 bits per heavy atom. The van der Waals surface area contributed by atoms with Crippen molar-refractivity contribution in [1.29, 1.82) is 0 Å². The minimum absolute atomic E-state index is 0.0556. The van der Waals surface area contributed by atoms with E-state index in [1.54, 1.807) is 0 Å². The minimum Gasteiger partial charge on any atom is -0.338 e. The summed E-state index contributed by atoms with van der Waals surface area (Å²) in [6, 6.07) is 10.4. The molecule has 0 aliphatic carbocycles. The zero-order valence-corrected chi connectivity index (χ0v) is 12.1. The Hall–Kier alpha value is -1.51. The molecule has 0 aliphatic rings. The van der Waals surface area contributed by atoms with Crippen LogP contribution in [0.1, 0.15) is 45.1 Å². The molecule has 0 saturated carbocycles. The topological polar surface area (TPSA) is 41.1 Å². The molecule has 1 rings (SSSR count). The first-order chi connectivity index (χ1) is 9.22. The van der Waals surface area contributed by atoms with Gasteiger partial charge in [-0.25, -0.2) is 4.79 Å². The van der Waals surface area contributed by atoms with E-state index in [1.165, 1.54) is 24.8 Å². The Labute approximate surface area is 116 Å². The van der Waals surface area contributed by atoms with Crippen LogP contribution in [0.3, 0.4) is 0 Å². The number of hydrogen-bond acceptors (Lipinski definition) is 1. The molecule has 0 spiro atoms. The van der Waals surface area contributed by atoms with Crippen molar-refractivity contribution in [1.82, 2.24) is 10.6 Å². The van der Waals surface area contributed by atoms with E-state index in [0.29, 0.717) is 6.54 Å². The second-order valence-corrected chi connectivity index (χ2v) is 5.03. The van der Waals surface area contributed by atoms with Crippen molar-refractivity contribution in [2.45, 2.75) is 52.0 Å². The van der Waals surface area contributed by atoms with Gasteiger partial charge in [0.25, 0.3) is 0 Å². The molecule has 1 atom stereocenters. The molecule has 2 amide bonds. The Morgan fingerprint density at radius 3 is 2.63 bits per heavy atom. The molecule has 0 bridgehead atoms. The fourth-order valence-corrected chi connectivity index (χ4v) is 2.01. The molecular formula is C16H26N2O. The SMILES string of the molecule is CCCCC[C@@H](C)NC(=O)NCCc1ccccc1. The maximum absolute atomic E-state index is 11.7. The van der Waals surface area contributed by atoms with Crippen LogP contribution in [0.25, 0.3) is 0 Å². The second kappa shape index (κ2) is 9.42. The molecule has 0 aromatic heterocycles. The predicted molar refractivity (Wildman–Crippen MR) is 80.3 cm³/mol. The molecule has 3 heteroatoms. The lowest BCUT2D eigenvalue weighted by Gasteiger charge is -2.14. The summed E-state index contributed by atoms with van der Waals surface area (Å²) < 4.78 is 0. The van der Waals surface area contributed by atoms with Crippen LogP contribution in [0.15, 0.2) is 30.3 Å². The van der Waals surface area contributed by atoms with Gasteiger partial charge in [-0.05, 0) is 25.3 Å². The smallest absolute Gasteiger partial charge is 0.315 e. The lowest BCUT2D eigenvalue weighted by atomic mass is 10.1. The molecule has 0 unspecified atom stereocenters. The molecule has 19 heavy (non-hydrogen) atoms. The van der Waals surface area contributed by atoms with Crippen molar-refractivity contribution >= 4 is 6.03 Å². The maximum Gasteiger partial charge on any atom is 0.315 e. The van der Waals surface area contributed by atoms with Gasteiger partial charge in [0.2, 0.25) is 0 Å². The van der Waals surface area contributed by atoms with Crippen molar-refractivity contribution in [3.05, 3.63) is 35.9 Å². The van der Waals surface area contributed by atoms with Gasteiger partial charge in [-0.15, -0.1) is 0 Å². The lowest BCUT2D eigenvalue weighted by molar-refractivity contribution is 0.237. The summed E-state index contributed by atoms with van der Waals surface area (Å²) in [5.41, 5.74) is 1.25. The van der Waals surface area contributed by atoms with Crippen molar-refractivity contribution in [2.75, 3.05) is 6.54 Å². The summed E-state index contributed by atoms with van der Waals surface area (Å²) in [5, 5.41) is 5.88. The van der Waals surface area contributed by atoms with E-state index in [2.05, 4.69) is 36.6 Å². The summed E-state index contributed by atoms with van der Waals surface area (Å²) in [4.78, 5) is 11.7. The molecule has 0 radical (unpaired) electrons.